The van der Waals surface area contributed by atoms with Gasteiger partial charge in [0.15, 0.2) is 0 Å². The Morgan fingerprint density at radius 2 is 0.610 bits per heavy atom. The van der Waals surface area contributed by atoms with Gasteiger partial charge in [0.2, 0.25) is 0 Å². The molecule has 0 atom stereocenters. The van der Waals surface area contributed by atoms with Crippen LogP contribution in [-0.4, -0.2) is 0 Å². The number of rotatable bonds is 0. The number of fused-ring (bicyclic) bond motifs is 12. The van der Waals surface area contributed by atoms with Gasteiger partial charge in [0.1, 0.15) is 0 Å². The highest BCUT2D eigenvalue weighted by Crippen LogP contribution is 2.61. The first-order valence-electron chi connectivity index (χ1n) is 15.5. The zero-order valence-corrected chi connectivity index (χ0v) is 26.7. The molecule has 2 aliphatic rings. The zero-order valence-electron chi connectivity index (χ0n) is 26.7. The zero-order chi connectivity index (χ0) is 29.9. The van der Waals surface area contributed by atoms with E-state index >= 15 is 0 Å². The number of hydrogen-bond donors (Lipinski definition) is 0. The van der Waals surface area contributed by atoms with Gasteiger partial charge < -0.3 is 0 Å². The number of hydrogen-bond acceptors (Lipinski definition) is 0. The molecule has 0 aliphatic heterocycles. The Morgan fingerprint density at radius 3 is 0.976 bits per heavy atom. The summed E-state index contributed by atoms with van der Waals surface area (Å²) in [5.74, 6) is 0. The molecule has 0 nitrogen and oxygen atoms in total. The van der Waals surface area contributed by atoms with Crippen LogP contribution in [0.1, 0.15) is 86.1 Å². The molecule has 7 rings (SSSR count). The van der Waals surface area contributed by atoms with E-state index in [1.807, 2.05) is 41.5 Å². The van der Waals surface area contributed by atoms with Gasteiger partial charge in [-0.2, -0.15) is 0 Å². The third kappa shape index (κ3) is 4.45. The molecule has 0 saturated carbocycles. The van der Waals surface area contributed by atoms with Gasteiger partial charge in [-0.25, -0.2) is 0 Å². The summed E-state index contributed by atoms with van der Waals surface area (Å²) in [7, 11) is 0. The molecule has 2 aliphatic carbocycles. The summed E-state index contributed by atoms with van der Waals surface area (Å²) >= 11 is 0. The van der Waals surface area contributed by atoms with Crippen LogP contribution in [0.2, 0.25) is 0 Å². The van der Waals surface area contributed by atoms with Gasteiger partial charge in [0.05, 0.1) is 5.41 Å². The predicted octanol–water partition coefficient (Wildman–Crippen LogP) is 12.0. The van der Waals surface area contributed by atoms with E-state index in [9.17, 15) is 0 Å². The van der Waals surface area contributed by atoms with E-state index < -0.39 is 0 Å². The van der Waals surface area contributed by atoms with Gasteiger partial charge >= 0.3 is 0 Å². The van der Waals surface area contributed by atoms with Crippen LogP contribution in [0.15, 0.2) is 97.1 Å². The van der Waals surface area contributed by atoms with Crippen molar-refractivity contribution in [3.05, 3.63) is 142 Å². The molecule has 0 bridgehead atoms. The highest BCUT2D eigenvalue weighted by atomic mass is 14.5. The van der Waals surface area contributed by atoms with Crippen molar-refractivity contribution in [2.75, 3.05) is 0 Å². The molecule has 5 aromatic carbocycles. The predicted molar refractivity (Wildman–Crippen MR) is 181 cm³/mol. The lowest BCUT2D eigenvalue weighted by molar-refractivity contribution is 0.772. The average molecular weight is 539 g/mol. The van der Waals surface area contributed by atoms with Gasteiger partial charge in [-0.15, -0.1) is 0 Å². The summed E-state index contributed by atoms with van der Waals surface area (Å²) in [6, 6.07) is 37.0. The van der Waals surface area contributed by atoms with Crippen molar-refractivity contribution in [2.45, 2.75) is 74.7 Å². The van der Waals surface area contributed by atoms with Crippen molar-refractivity contribution in [2.24, 2.45) is 0 Å². The lowest BCUT2D eigenvalue weighted by atomic mass is 9.65. The van der Waals surface area contributed by atoms with Gasteiger partial charge in [-0.05, 0) is 106 Å². The molecule has 0 fully saturated rings. The van der Waals surface area contributed by atoms with E-state index in [2.05, 4.69) is 125 Å². The van der Waals surface area contributed by atoms with E-state index in [0.717, 1.165) is 0 Å². The van der Waals surface area contributed by atoms with Crippen molar-refractivity contribution < 1.29 is 0 Å². The fourth-order valence-electron chi connectivity index (χ4n) is 6.61. The molecule has 210 valence electrons. The quantitative estimate of drug-likeness (QED) is 0.180. The average Bonchev–Trinajstić information content (AvgIpc) is 3.29. The first kappa shape index (κ1) is 30.1. The minimum absolute atomic E-state index is 0.367. The third-order valence-electron chi connectivity index (χ3n) is 8.54. The maximum absolute atomic E-state index is 2.48. The molecule has 5 aromatic rings. The topological polar surface area (TPSA) is 0 Å². The molecule has 0 radical (unpaired) electrons. The molecule has 0 N–H and O–H groups in total. The first-order valence-corrected chi connectivity index (χ1v) is 15.5. The minimum atomic E-state index is -0.367. The van der Waals surface area contributed by atoms with Crippen molar-refractivity contribution in [1.82, 2.24) is 0 Å². The van der Waals surface area contributed by atoms with Gasteiger partial charge in [0, 0.05) is 0 Å². The van der Waals surface area contributed by atoms with Gasteiger partial charge in [-0.3, -0.25) is 0 Å². The highest BCUT2D eigenvalue weighted by Gasteiger charge is 2.49. The molecule has 41 heavy (non-hydrogen) atoms. The fraction of sp³-hybridized carbons (Fsp3) is 0.268. The van der Waals surface area contributed by atoms with Crippen LogP contribution >= 0.6 is 0 Å². The van der Waals surface area contributed by atoms with E-state index in [1.54, 1.807) is 0 Å². The van der Waals surface area contributed by atoms with Crippen LogP contribution in [0.4, 0.5) is 0 Å². The van der Waals surface area contributed by atoms with E-state index in [-0.39, 0.29) is 5.41 Å². The monoisotopic (exact) mass is 538 g/mol. The maximum atomic E-state index is 2.48. The molecule has 0 heteroatoms. The summed E-state index contributed by atoms with van der Waals surface area (Å²) in [4.78, 5) is 0. The van der Waals surface area contributed by atoms with E-state index in [0.29, 0.717) is 0 Å². The van der Waals surface area contributed by atoms with E-state index in [1.165, 1.54) is 77.9 Å². The smallest absolute Gasteiger partial charge is 0.0683 e. The van der Waals surface area contributed by atoms with Crippen LogP contribution in [-0.2, 0) is 5.41 Å². The van der Waals surface area contributed by atoms with E-state index in [4.69, 9.17) is 0 Å². The Bertz CT molecular complexity index is 1560. The largest absolute Gasteiger partial charge is 0.0725 e. The Labute approximate surface area is 249 Å². The number of benzene rings is 5. The molecule has 0 aromatic heterocycles. The van der Waals surface area contributed by atoms with Crippen LogP contribution < -0.4 is 0 Å². The maximum Gasteiger partial charge on any atom is 0.0725 e. The Kier molecular flexibility index (Phi) is 9.03. The summed E-state index contributed by atoms with van der Waals surface area (Å²) in [6.07, 6.45) is 0. The second-order valence-electron chi connectivity index (χ2n) is 10.4. The third-order valence-corrected chi connectivity index (χ3v) is 8.54. The van der Waals surface area contributed by atoms with Crippen molar-refractivity contribution >= 4 is 0 Å². The lowest BCUT2D eigenvalue weighted by Gasteiger charge is -2.36. The van der Waals surface area contributed by atoms with Gasteiger partial charge in [-0.1, -0.05) is 139 Å². The van der Waals surface area contributed by atoms with Crippen molar-refractivity contribution in [3.63, 3.8) is 0 Å². The second-order valence-corrected chi connectivity index (χ2v) is 10.4. The molecule has 0 heterocycles. The summed E-state index contributed by atoms with van der Waals surface area (Å²) < 4.78 is 0. The summed E-state index contributed by atoms with van der Waals surface area (Å²) in [5.41, 5.74) is 18.6. The van der Waals surface area contributed by atoms with Gasteiger partial charge in [0.25, 0.3) is 0 Å². The summed E-state index contributed by atoms with van der Waals surface area (Å²) in [5, 5.41) is 0. The van der Waals surface area contributed by atoms with Crippen LogP contribution in [0.5, 0.6) is 0 Å². The molecule has 0 amide bonds. The summed E-state index contributed by atoms with van der Waals surface area (Å²) in [6.45, 7) is 21.0. The van der Waals surface area contributed by atoms with Crippen LogP contribution in [0, 0.1) is 27.7 Å². The number of aryl methyl sites for hydroxylation is 4. The highest BCUT2D eigenvalue weighted by molar-refractivity contribution is 5.97. The molecule has 0 saturated heterocycles. The Morgan fingerprint density at radius 1 is 0.317 bits per heavy atom. The Hall–Kier alpha value is -3.90. The normalized spacial score (nSPS) is 12.3. The second kappa shape index (κ2) is 12.3. The van der Waals surface area contributed by atoms with Crippen LogP contribution in [0.25, 0.3) is 33.4 Å². The fourth-order valence-corrected chi connectivity index (χ4v) is 6.61. The molecule has 1 spiro atoms. The van der Waals surface area contributed by atoms with Crippen molar-refractivity contribution in [3.8, 4) is 33.4 Å². The first-order chi connectivity index (χ1) is 20.0. The molecule has 0 unspecified atom stereocenters. The Balaban J connectivity index is 0.000000608. The minimum Gasteiger partial charge on any atom is -0.0683 e. The molecular formula is C41H46. The molecular weight excluding hydrogens is 492 g/mol. The van der Waals surface area contributed by atoms with Crippen LogP contribution in [0.3, 0.4) is 0 Å². The lowest BCUT2D eigenvalue weighted by Crippen LogP contribution is -2.29. The van der Waals surface area contributed by atoms with Crippen molar-refractivity contribution in [1.29, 1.82) is 0 Å². The standard InChI is InChI=1S/C35H28.3C2H6/c1-21-17-29-25-11-5-6-12-26(25)30-18-22(2)24(4)20-34(30)35(33(29)19-23(21)3)31-15-9-7-13-27(31)28-14-8-10-16-32(28)35;3*1-2/h5-20H,1-4H3;3*1-2H3. The SMILES string of the molecule is CC.CC.CC.Cc1cc2c(cc1C)C1(c3cc(C)c(C)cc3-c3ccccc3-2)c2ccccc2-c2ccccc21.